The average molecular weight is 350 g/mol. The number of carbonyl (C=O) groups is 1. The van der Waals surface area contributed by atoms with Crippen LogP contribution in [0.1, 0.15) is 49.4 Å². The van der Waals surface area contributed by atoms with Gasteiger partial charge < -0.3 is 14.8 Å². The van der Waals surface area contributed by atoms with E-state index < -0.39 is 0 Å². The van der Waals surface area contributed by atoms with Gasteiger partial charge in [0.2, 0.25) is 0 Å². The van der Waals surface area contributed by atoms with Crippen molar-refractivity contribution in [1.29, 1.82) is 0 Å². The number of rotatable bonds is 8. The van der Waals surface area contributed by atoms with Gasteiger partial charge in [0, 0.05) is 18.7 Å². The Hall–Kier alpha value is -1.66. The molecule has 1 aromatic carbocycles. The third kappa shape index (κ3) is 6.45. The topological polar surface area (TPSA) is 59.6 Å². The van der Waals surface area contributed by atoms with Crippen molar-refractivity contribution >= 4 is 23.2 Å². The standard InChI is InChI=1S/C18H26N2O3S/c1-2-3-4-11-22-15-9-7-14(8-10-15)17(21)20-18(24)19-13-16-6-5-12-23-16/h7-10,16H,2-6,11-13H2,1H3,(H2,19,20,21,24)/t16-/m1/s1. The van der Waals surface area contributed by atoms with E-state index in [1.54, 1.807) is 12.1 Å². The first-order valence-corrected chi connectivity index (χ1v) is 9.03. The zero-order valence-corrected chi connectivity index (χ0v) is 15.0. The summed E-state index contributed by atoms with van der Waals surface area (Å²) in [6, 6.07) is 7.10. The molecule has 1 atom stereocenters. The number of carbonyl (C=O) groups excluding carboxylic acids is 1. The summed E-state index contributed by atoms with van der Waals surface area (Å²) in [7, 11) is 0. The molecule has 5 nitrogen and oxygen atoms in total. The zero-order chi connectivity index (χ0) is 17.2. The predicted molar refractivity (Wildman–Crippen MR) is 98.5 cm³/mol. The second kappa shape index (κ2) is 10.3. The minimum absolute atomic E-state index is 0.184. The molecule has 1 amide bonds. The lowest BCUT2D eigenvalue weighted by atomic mass is 10.2. The lowest BCUT2D eigenvalue weighted by Crippen LogP contribution is -2.42. The van der Waals surface area contributed by atoms with Gasteiger partial charge >= 0.3 is 0 Å². The van der Waals surface area contributed by atoms with E-state index >= 15 is 0 Å². The molecule has 1 saturated heterocycles. The van der Waals surface area contributed by atoms with E-state index in [-0.39, 0.29) is 12.0 Å². The van der Waals surface area contributed by atoms with Crippen LogP contribution in [0, 0.1) is 0 Å². The first-order valence-electron chi connectivity index (χ1n) is 8.62. The van der Waals surface area contributed by atoms with E-state index in [1.807, 2.05) is 12.1 Å². The molecule has 0 bridgehead atoms. The van der Waals surface area contributed by atoms with Gasteiger partial charge in [-0.2, -0.15) is 0 Å². The van der Waals surface area contributed by atoms with E-state index in [0.717, 1.165) is 38.0 Å². The minimum Gasteiger partial charge on any atom is -0.494 e. The summed E-state index contributed by atoms with van der Waals surface area (Å²) in [6.45, 7) is 4.30. The van der Waals surface area contributed by atoms with Gasteiger partial charge in [-0.3, -0.25) is 10.1 Å². The van der Waals surface area contributed by atoms with E-state index in [0.29, 0.717) is 23.8 Å². The van der Waals surface area contributed by atoms with Gasteiger partial charge in [-0.25, -0.2) is 0 Å². The molecule has 0 aliphatic carbocycles. The van der Waals surface area contributed by atoms with E-state index in [9.17, 15) is 4.79 Å². The number of amides is 1. The summed E-state index contributed by atoms with van der Waals surface area (Å²) in [5, 5.41) is 6.04. The molecule has 2 N–H and O–H groups in total. The van der Waals surface area contributed by atoms with Crippen molar-refractivity contribution in [2.75, 3.05) is 19.8 Å². The Morgan fingerprint density at radius 3 is 2.79 bits per heavy atom. The third-order valence-corrected chi connectivity index (χ3v) is 4.12. The molecular formula is C18H26N2O3S. The Kier molecular flexibility index (Phi) is 7.98. The van der Waals surface area contributed by atoms with Crippen LogP contribution in [0.2, 0.25) is 0 Å². The molecule has 0 radical (unpaired) electrons. The largest absolute Gasteiger partial charge is 0.494 e. The van der Waals surface area contributed by atoms with Crippen molar-refractivity contribution in [1.82, 2.24) is 10.6 Å². The smallest absolute Gasteiger partial charge is 0.257 e. The lowest BCUT2D eigenvalue weighted by molar-refractivity contribution is 0.0973. The molecule has 132 valence electrons. The monoisotopic (exact) mass is 350 g/mol. The number of hydrogen-bond donors (Lipinski definition) is 2. The van der Waals surface area contributed by atoms with Crippen LogP contribution in [-0.2, 0) is 4.74 Å². The van der Waals surface area contributed by atoms with Crippen LogP contribution in [0.4, 0.5) is 0 Å². The molecule has 0 aromatic heterocycles. The van der Waals surface area contributed by atoms with Gasteiger partial charge in [-0.1, -0.05) is 19.8 Å². The van der Waals surface area contributed by atoms with Crippen molar-refractivity contribution in [3.8, 4) is 5.75 Å². The second-order valence-corrected chi connectivity index (χ2v) is 6.29. The molecular weight excluding hydrogens is 324 g/mol. The fourth-order valence-corrected chi connectivity index (χ4v) is 2.65. The number of unbranched alkanes of at least 4 members (excludes halogenated alkanes) is 2. The fourth-order valence-electron chi connectivity index (χ4n) is 2.48. The second-order valence-electron chi connectivity index (χ2n) is 5.88. The number of ether oxygens (including phenoxy) is 2. The number of hydrogen-bond acceptors (Lipinski definition) is 4. The van der Waals surface area contributed by atoms with Crippen LogP contribution in [-0.4, -0.2) is 36.9 Å². The highest BCUT2D eigenvalue weighted by Gasteiger charge is 2.16. The molecule has 1 fully saturated rings. The summed E-state index contributed by atoms with van der Waals surface area (Å²) in [5.41, 5.74) is 0.553. The molecule has 1 aromatic rings. The van der Waals surface area contributed by atoms with Gasteiger partial charge in [-0.05, 0) is 55.7 Å². The van der Waals surface area contributed by atoms with Crippen LogP contribution in [0.15, 0.2) is 24.3 Å². The Bertz CT molecular complexity index is 528. The molecule has 2 rings (SSSR count). The highest BCUT2D eigenvalue weighted by molar-refractivity contribution is 7.80. The maximum absolute atomic E-state index is 12.2. The molecule has 6 heteroatoms. The van der Waals surface area contributed by atoms with Crippen molar-refractivity contribution in [3.63, 3.8) is 0 Å². The SMILES string of the molecule is CCCCCOc1ccc(C(=O)NC(=S)NC[C@H]2CCCO2)cc1. The van der Waals surface area contributed by atoms with Crippen LogP contribution >= 0.6 is 12.2 Å². The maximum atomic E-state index is 12.2. The minimum atomic E-state index is -0.225. The van der Waals surface area contributed by atoms with Crippen molar-refractivity contribution < 1.29 is 14.3 Å². The highest BCUT2D eigenvalue weighted by Crippen LogP contribution is 2.13. The normalized spacial score (nSPS) is 16.6. The summed E-state index contributed by atoms with van der Waals surface area (Å²) >= 11 is 5.15. The van der Waals surface area contributed by atoms with Gasteiger partial charge in [-0.15, -0.1) is 0 Å². The van der Waals surface area contributed by atoms with Gasteiger partial charge in [0.05, 0.1) is 12.7 Å². The van der Waals surface area contributed by atoms with E-state index in [1.165, 1.54) is 6.42 Å². The summed E-state index contributed by atoms with van der Waals surface area (Å²) in [6.07, 6.45) is 5.68. The summed E-state index contributed by atoms with van der Waals surface area (Å²) in [4.78, 5) is 12.2. The van der Waals surface area contributed by atoms with Crippen molar-refractivity contribution in [2.45, 2.75) is 45.1 Å². The predicted octanol–water partition coefficient (Wildman–Crippen LogP) is 3.04. The Morgan fingerprint density at radius 2 is 2.12 bits per heavy atom. The number of thiocarbonyl (C=S) groups is 1. The van der Waals surface area contributed by atoms with Crippen LogP contribution in [0.5, 0.6) is 5.75 Å². The fraction of sp³-hybridized carbons (Fsp3) is 0.556. The molecule has 24 heavy (non-hydrogen) atoms. The van der Waals surface area contributed by atoms with Crippen LogP contribution < -0.4 is 15.4 Å². The van der Waals surface area contributed by atoms with Crippen molar-refractivity contribution in [3.05, 3.63) is 29.8 Å². The van der Waals surface area contributed by atoms with Gasteiger partial charge in [0.25, 0.3) is 5.91 Å². The van der Waals surface area contributed by atoms with Gasteiger partial charge in [0.15, 0.2) is 5.11 Å². The summed E-state index contributed by atoms with van der Waals surface area (Å²) < 4.78 is 11.1. The molecule has 0 saturated carbocycles. The Labute approximate surface area is 149 Å². The quantitative estimate of drug-likeness (QED) is 0.557. The average Bonchev–Trinajstić information content (AvgIpc) is 3.11. The molecule has 1 aliphatic rings. The lowest BCUT2D eigenvalue weighted by Gasteiger charge is -2.13. The molecule has 0 spiro atoms. The number of benzene rings is 1. The summed E-state index contributed by atoms with van der Waals surface area (Å²) in [5.74, 6) is 0.555. The molecule has 1 aliphatic heterocycles. The number of nitrogens with one attached hydrogen (secondary N) is 2. The van der Waals surface area contributed by atoms with Crippen molar-refractivity contribution in [2.24, 2.45) is 0 Å². The van der Waals surface area contributed by atoms with Gasteiger partial charge in [0.1, 0.15) is 5.75 Å². The van der Waals surface area contributed by atoms with E-state index in [4.69, 9.17) is 21.7 Å². The maximum Gasteiger partial charge on any atom is 0.257 e. The van der Waals surface area contributed by atoms with Crippen LogP contribution in [0.25, 0.3) is 0 Å². The Balaban J connectivity index is 1.71. The Morgan fingerprint density at radius 1 is 1.33 bits per heavy atom. The third-order valence-electron chi connectivity index (χ3n) is 3.87. The van der Waals surface area contributed by atoms with Crippen LogP contribution in [0.3, 0.4) is 0 Å². The van der Waals surface area contributed by atoms with E-state index in [2.05, 4.69) is 17.6 Å². The first kappa shape index (κ1) is 18.7. The first-order chi connectivity index (χ1) is 11.7. The molecule has 0 unspecified atom stereocenters. The molecule has 1 heterocycles. The highest BCUT2D eigenvalue weighted by atomic mass is 32.1. The zero-order valence-electron chi connectivity index (χ0n) is 14.2.